The molecule has 0 aromatic carbocycles. The monoisotopic (exact) mass is 364 g/mol. The van der Waals surface area contributed by atoms with Crippen LogP contribution in [0.4, 0.5) is 0 Å². The Morgan fingerprint density at radius 1 is 1.40 bits per heavy atom. The third kappa shape index (κ3) is 3.12. The molecular weight excluding hydrogens is 351 g/mol. The van der Waals surface area contributed by atoms with E-state index in [-0.39, 0.29) is 51.1 Å². The van der Waals surface area contributed by atoms with Gasteiger partial charge in [-0.15, -0.1) is 0 Å². The van der Waals surface area contributed by atoms with Gasteiger partial charge in [-0.2, -0.15) is 0 Å². The van der Waals surface area contributed by atoms with E-state index < -0.39 is 19.2 Å². The Kier molecular flexibility index (Phi) is 6.67. The number of ketones is 1. The van der Waals surface area contributed by atoms with Crippen LogP contribution in [-0.4, -0.2) is 38.5 Å². The predicted octanol–water partition coefficient (Wildman–Crippen LogP) is -5.84. The first-order valence-corrected chi connectivity index (χ1v) is 9.16. The van der Waals surface area contributed by atoms with Gasteiger partial charge in [0.1, 0.15) is 0 Å². The van der Waals surface area contributed by atoms with Crippen molar-refractivity contribution in [3.8, 4) is 0 Å². The van der Waals surface area contributed by atoms with Crippen molar-refractivity contribution >= 4 is 15.3 Å². The molecule has 2 aliphatic carbocycles. The second-order valence-electron chi connectivity index (χ2n) is 4.57. The fourth-order valence-corrected chi connectivity index (χ4v) is 7.34. The summed E-state index contributed by atoms with van der Waals surface area (Å²) in [5.41, 5.74) is 2.17. The molecular formula is C13H14Cl2O3SiTi. The molecule has 0 amide bonds. The van der Waals surface area contributed by atoms with Gasteiger partial charge >= 0.3 is 117 Å². The van der Waals surface area contributed by atoms with Gasteiger partial charge in [0.25, 0.3) is 0 Å². The maximum atomic E-state index is 11.9. The minimum atomic E-state index is -0.429. The van der Waals surface area contributed by atoms with Crippen molar-refractivity contribution in [3.63, 3.8) is 0 Å². The molecule has 3 aliphatic rings. The van der Waals surface area contributed by atoms with Gasteiger partial charge in [-0.3, -0.25) is 0 Å². The van der Waals surface area contributed by atoms with E-state index in [1.54, 1.807) is 13.2 Å². The predicted molar refractivity (Wildman–Crippen MR) is 67.3 cm³/mol. The number of hydrogen-bond acceptors (Lipinski definition) is 3. The van der Waals surface area contributed by atoms with Gasteiger partial charge in [0.05, 0.1) is 0 Å². The van der Waals surface area contributed by atoms with Gasteiger partial charge in [0.2, 0.25) is 0 Å². The normalized spacial score (nSPS) is 20.7. The van der Waals surface area contributed by atoms with Gasteiger partial charge < -0.3 is 24.8 Å². The summed E-state index contributed by atoms with van der Waals surface area (Å²) >= 11 is -0.429. The van der Waals surface area contributed by atoms with Gasteiger partial charge in [-0.05, 0) is 0 Å². The van der Waals surface area contributed by atoms with Crippen molar-refractivity contribution in [2.24, 2.45) is 0 Å². The molecule has 1 saturated heterocycles. The van der Waals surface area contributed by atoms with Crippen LogP contribution in [0.15, 0.2) is 43.6 Å². The molecule has 20 heavy (non-hydrogen) atoms. The second-order valence-corrected chi connectivity index (χ2v) is 8.57. The molecule has 0 aromatic heterocycles. The first-order valence-electron chi connectivity index (χ1n) is 6.06. The van der Waals surface area contributed by atoms with Crippen LogP contribution in [0.2, 0.25) is 0 Å². The van der Waals surface area contributed by atoms with E-state index in [9.17, 15) is 4.79 Å². The zero-order valence-electron chi connectivity index (χ0n) is 11.0. The van der Waals surface area contributed by atoms with Gasteiger partial charge in [-0.1, -0.05) is 0 Å². The molecule has 3 rings (SSSR count). The quantitative estimate of drug-likeness (QED) is 0.494. The van der Waals surface area contributed by atoms with Gasteiger partial charge in [-0.25, -0.2) is 0 Å². The van der Waals surface area contributed by atoms with Crippen molar-refractivity contribution in [2.45, 2.75) is 10.8 Å². The smallest absolute Gasteiger partial charge is 1.00 e. The zero-order valence-corrected chi connectivity index (χ0v) is 15.4. The number of carbonyl (C=O) groups is 1. The number of aliphatic hydroxyl groups is 1. The maximum Gasteiger partial charge on any atom is -1.00 e. The number of hydrogen-bond donors (Lipinski definition) is 1. The summed E-state index contributed by atoms with van der Waals surface area (Å²) in [4.78, 5) is 11.9. The number of methoxy groups -OCH3 is 1. The molecule has 0 bridgehead atoms. The standard InChI is InChI=1S/C9H5OSi.C4H9O2.2ClH.Ti/c10-6-3-1-2-5-4-7-9(11-7)8(5)6;1-6-4-2-3-5;;;/h1-3H,11H2;4-5H,2-3H2,1H3;2*1H;/q;;;;+2/p-2. The van der Waals surface area contributed by atoms with Crippen molar-refractivity contribution in [1.82, 2.24) is 0 Å². The van der Waals surface area contributed by atoms with E-state index in [1.807, 2.05) is 6.08 Å². The van der Waals surface area contributed by atoms with Crippen LogP contribution in [-0.2, 0) is 28.7 Å². The summed E-state index contributed by atoms with van der Waals surface area (Å²) < 4.78 is 7.06. The SMILES string of the molecule is CO[CH](CCO)[Ti+2][C]1=C2[SiH2]C2=C2C(=O)C=CC=C12.[Cl-].[Cl-]. The van der Waals surface area contributed by atoms with Crippen LogP contribution in [0, 0.1) is 0 Å². The van der Waals surface area contributed by atoms with Crippen LogP contribution in [0.1, 0.15) is 6.42 Å². The Morgan fingerprint density at radius 3 is 2.80 bits per heavy atom. The number of halogens is 2. The van der Waals surface area contributed by atoms with Crippen molar-refractivity contribution in [1.29, 1.82) is 0 Å². The Balaban J connectivity index is 0.000001000. The van der Waals surface area contributed by atoms with Crippen LogP contribution in [0.5, 0.6) is 0 Å². The summed E-state index contributed by atoms with van der Waals surface area (Å²) in [5.74, 6) is 0.183. The molecule has 3 nitrogen and oxygen atoms in total. The average molecular weight is 365 g/mol. The first-order chi connectivity index (χ1) is 8.76. The van der Waals surface area contributed by atoms with Crippen LogP contribution in [0.3, 0.4) is 0 Å². The molecule has 1 aliphatic heterocycles. The summed E-state index contributed by atoms with van der Waals surface area (Å²) in [5, 5.41) is 12.0. The Labute approximate surface area is 141 Å². The van der Waals surface area contributed by atoms with Gasteiger partial charge in [0.15, 0.2) is 0 Å². The molecule has 0 spiro atoms. The van der Waals surface area contributed by atoms with Crippen molar-refractivity contribution < 1.29 is 58.6 Å². The summed E-state index contributed by atoms with van der Waals surface area (Å²) in [6, 6.07) is 0. The molecule has 0 aromatic rings. The number of aliphatic hydroxyl groups excluding tert-OH is 1. The number of fused-ring (bicyclic) bond motifs is 2. The largest absolute Gasteiger partial charge is 1.00 e. The zero-order chi connectivity index (χ0) is 12.7. The minimum absolute atomic E-state index is 0. The molecule has 0 radical (unpaired) electrons. The van der Waals surface area contributed by atoms with E-state index in [2.05, 4.69) is 6.08 Å². The van der Waals surface area contributed by atoms with E-state index >= 15 is 0 Å². The molecule has 1 unspecified atom stereocenters. The fraction of sp³-hybridized carbons (Fsp3) is 0.308. The molecule has 1 fully saturated rings. The minimum Gasteiger partial charge on any atom is -1.00 e. The summed E-state index contributed by atoms with van der Waals surface area (Å²) in [6.07, 6.45) is 6.30. The molecule has 1 heterocycles. The van der Waals surface area contributed by atoms with E-state index in [4.69, 9.17) is 9.84 Å². The molecule has 1 atom stereocenters. The average Bonchev–Trinajstić information content (AvgIpc) is 3.08. The summed E-state index contributed by atoms with van der Waals surface area (Å²) in [7, 11) is 1.47. The molecule has 0 saturated carbocycles. The van der Waals surface area contributed by atoms with Crippen molar-refractivity contribution in [2.75, 3.05) is 13.7 Å². The molecule has 106 valence electrons. The topological polar surface area (TPSA) is 46.5 Å². The maximum absolute atomic E-state index is 11.9. The number of carbonyl (C=O) groups excluding carboxylic acids is 1. The van der Waals surface area contributed by atoms with Crippen LogP contribution >= 0.6 is 0 Å². The Hall–Kier alpha value is 0.0612. The summed E-state index contributed by atoms with van der Waals surface area (Å²) in [6.45, 7) is 0.174. The van der Waals surface area contributed by atoms with E-state index in [0.717, 1.165) is 5.57 Å². The molecule has 1 N–H and O–H groups in total. The van der Waals surface area contributed by atoms with Crippen LogP contribution in [0.25, 0.3) is 0 Å². The Bertz CT molecular complexity index is 552. The number of ether oxygens (including phenoxy) is 1. The second kappa shape index (κ2) is 7.36. The first kappa shape index (κ1) is 18.1. The number of rotatable bonds is 5. The van der Waals surface area contributed by atoms with Gasteiger partial charge in [0, 0.05) is 0 Å². The van der Waals surface area contributed by atoms with E-state index in [1.165, 1.54) is 19.8 Å². The van der Waals surface area contributed by atoms with Crippen LogP contribution < -0.4 is 24.8 Å². The molecule has 7 heteroatoms. The van der Waals surface area contributed by atoms with E-state index in [0.29, 0.717) is 6.42 Å². The third-order valence-corrected chi connectivity index (χ3v) is 8.46. The third-order valence-electron chi connectivity index (χ3n) is 3.47. The van der Waals surface area contributed by atoms with Crippen molar-refractivity contribution in [3.05, 3.63) is 43.6 Å². The Morgan fingerprint density at radius 2 is 2.15 bits per heavy atom. The number of allylic oxidation sites excluding steroid dienone is 8. The fourth-order valence-electron chi connectivity index (χ4n) is 2.52.